The van der Waals surface area contributed by atoms with Gasteiger partial charge >= 0.3 is 0 Å². The Morgan fingerprint density at radius 3 is 2.41 bits per heavy atom. The van der Waals surface area contributed by atoms with Crippen LogP contribution in [-0.2, 0) is 21.2 Å². The average Bonchev–Trinajstić information content (AvgIpc) is 3.01. The quantitative estimate of drug-likeness (QED) is 0.788. The number of amides is 1. The van der Waals surface area contributed by atoms with Gasteiger partial charge in [-0.15, -0.1) is 0 Å². The van der Waals surface area contributed by atoms with Crippen LogP contribution < -0.4 is 4.72 Å². The highest BCUT2D eigenvalue weighted by Gasteiger charge is 2.38. The predicted octanol–water partition coefficient (Wildman–Crippen LogP) is 3.38. The number of hydrogen-bond acceptors (Lipinski definition) is 3. The predicted molar refractivity (Wildman–Crippen MR) is 117 cm³/mol. The zero-order chi connectivity index (χ0) is 21.2. The number of nitrogens with one attached hydrogen (secondary N) is 1. The van der Waals surface area contributed by atoms with Crippen LogP contribution in [0.5, 0.6) is 0 Å². The van der Waals surface area contributed by atoms with Crippen LogP contribution in [0.25, 0.3) is 11.1 Å². The maximum Gasteiger partial charge on any atom is 0.225 e. The molecule has 0 spiro atoms. The Balaban J connectivity index is 1.89. The van der Waals surface area contributed by atoms with E-state index in [2.05, 4.69) is 42.0 Å². The summed E-state index contributed by atoms with van der Waals surface area (Å²) in [5.41, 5.74) is 4.57. The molecule has 1 N–H and O–H groups in total. The Labute approximate surface area is 174 Å². The molecule has 1 aliphatic rings. The molecule has 6 heteroatoms. The number of aryl methyl sites for hydroxylation is 1. The molecular formula is C23H30N2O3S. The minimum absolute atomic E-state index is 0.0719. The third kappa shape index (κ3) is 5.46. The molecule has 2 aromatic rings. The van der Waals surface area contributed by atoms with Gasteiger partial charge in [-0.25, -0.2) is 13.1 Å². The van der Waals surface area contributed by atoms with Crippen molar-refractivity contribution in [2.24, 2.45) is 5.92 Å². The highest BCUT2D eigenvalue weighted by molar-refractivity contribution is 7.88. The standard InChI is InChI=1S/C23H30N2O3S/c1-16(2)23(26)25-12-11-21(24-29(4,27)28)22(25)15-18-8-6-10-20(14-18)19-9-5-7-17(3)13-19/h5-10,13-14,16,21-22,24H,11-12,15H2,1-4H3. The molecule has 1 amide bonds. The van der Waals surface area contributed by atoms with Gasteiger partial charge in [0.1, 0.15) is 0 Å². The Hall–Kier alpha value is -2.18. The summed E-state index contributed by atoms with van der Waals surface area (Å²) in [4.78, 5) is 14.6. The van der Waals surface area contributed by atoms with Crippen LogP contribution in [0.3, 0.4) is 0 Å². The number of nitrogens with zero attached hydrogens (tertiary/aromatic N) is 1. The van der Waals surface area contributed by atoms with Gasteiger partial charge in [0.25, 0.3) is 0 Å². The Morgan fingerprint density at radius 2 is 1.79 bits per heavy atom. The molecule has 1 saturated heterocycles. The van der Waals surface area contributed by atoms with Crippen LogP contribution in [0.15, 0.2) is 48.5 Å². The first-order chi connectivity index (χ1) is 13.6. The molecule has 2 unspecified atom stereocenters. The molecule has 156 valence electrons. The molecule has 2 aromatic carbocycles. The van der Waals surface area contributed by atoms with Crippen molar-refractivity contribution in [3.8, 4) is 11.1 Å². The number of carbonyl (C=O) groups is 1. The summed E-state index contributed by atoms with van der Waals surface area (Å²) in [6.45, 7) is 6.42. The lowest BCUT2D eigenvalue weighted by Gasteiger charge is -2.30. The Morgan fingerprint density at radius 1 is 1.14 bits per heavy atom. The summed E-state index contributed by atoms with van der Waals surface area (Å²) in [5, 5.41) is 0. The summed E-state index contributed by atoms with van der Waals surface area (Å²) in [6.07, 6.45) is 2.43. The SMILES string of the molecule is Cc1cccc(-c2cccc(CC3C(NS(C)(=O)=O)CCN3C(=O)C(C)C)c2)c1. The number of likely N-dealkylation sites (tertiary alicyclic amines) is 1. The first-order valence-electron chi connectivity index (χ1n) is 10.1. The lowest BCUT2D eigenvalue weighted by Crippen LogP contribution is -2.48. The molecule has 2 atom stereocenters. The summed E-state index contributed by atoms with van der Waals surface area (Å²) >= 11 is 0. The maximum absolute atomic E-state index is 12.7. The van der Waals surface area contributed by atoms with Crippen molar-refractivity contribution < 1.29 is 13.2 Å². The van der Waals surface area contributed by atoms with E-state index in [0.717, 1.165) is 16.7 Å². The second kappa shape index (κ2) is 8.67. The number of sulfonamides is 1. The minimum atomic E-state index is -3.35. The topological polar surface area (TPSA) is 66.5 Å². The number of hydrogen-bond donors (Lipinski definition) is 1. The van der Waals surface area contributed by atoms with Crippen LogP contribution >= 0.6 is 0 Å². The molecule has 5 nitrogen and oxygen atoms in total. The monoisotopic (exact) mass is 414 g/mol. The third-order valence-electron chi connectivity index (χ3n) is 5.41. The van der Waals surface area contributed by atoms with Crippen molar-refractivity contribution in [3.05, 3.63) is 59.7 Å². The van der Waals surface area contributed by atoms with E-state index < -0.39 is 10.0 Å². The van der Waals surface area contributed by atoms with Crippen LogP contribution in [0.4, 0.5) is 0 Å². The Kier molecular flexibility index (Phi) is 6.44. The van der Waals surface area contributed by atoms with E-state index in [9.17, 15) is 13.2 Å². The van der Waals surface area contributed by atoms with Gasteiger partial charge in [-0.05, 0) is 36.5 Å². The summed E-state index contributed by atoms with van der Waals surface area (Å²) in [7, 11) is -3.35. The summed E-state index contributed by atoms with van der Waals surface area (Å²) < 4.78 is 26.4. The van der Waals surface area contributed by atoms with Crippen molar-refractivity contribution in [3.63, 3.8) is 0 Å². The molecule has 3 rings (SSSR count). The van der Waals surface area contributed by atoms with Gasteiger partial charge in [0.2, 0.25) is 15.9 Å². The van der Waals surface area contributed by atoms with Gasteiger partial charge < -0.3 is 4.90 Å². The minimum Gasteiger partial charge on any atom is -0.337 e. The average molecular weight is 415 g/mol. The van der Waals surface area contributed by atoms with Gasteiger partial charge in [0, 0.05) is 18.5 Å². The van der Waals surface area contributed by atoms with Crippen LogP contribution in [-0.4, -0.2) is 44.1 Å². The van der Waals surface area contributed by atoms with Gasteiger partial charge in [-0.3, -0.25) is 4.79 Å². The molecule has 1 fully saturated rings. The highest BCUT2D eigenvalue weighted by Crippen LogP contribution is 2.27. The van der Waals surface area contributed by atoms with Gasteiger partial charge in [0.15, 0.2) is 0 Å². The third-order valence-corrected chi connectivity index (χ3v) is 6.14. The normalized spacial score (nSPS) is 19.7. The molecule has 0 saturated carbocycles. The second-order valence-electron chi connectivity index (χ2n) is 8.31. The van der Waals surface area contributed by atoms with Crippen LogP contribution in [0, 0.1) is 12.8 Å². The smallest absolute Gasteiger partial charge is 0.225 e. The maximum atomic E-state index is 12.7. The van der Waals surface area contributed by atoms with Crippen LogP contribution in [0.1, 0.15) is 31.4 Å². The lowest BCUT2D eigenvalue weighted by atomic mass is 9.96. The van der Waals surface area contributed by atoms with E-state index >= 15 is 0 Å². The molecule has 0 aromatic heterocycles. The van der Waals surface area contributed by atoms with E-state index in [1.54, 1.807) is 0 Å². The molecule has 0 radical (unpaired) electrons. The first kappa shape index (κ1) is 21.5. The van der Waals surface area contributed by atoms with Crippen molar-refractivity contribution in [2.75, 3.05) is 12.8 Å². The summed E-state index contributed by atoms with van der Waals surface area (Å²) in [5.74, 6) is -0.0456. The number of carbonyl (C=O) groups excluding carboxylic acids is 1. The van der Waals surface area contributed by atoms with Gasteiger partial charge in [-0.2, -0.15) is 0 Å². The highest BCUT2D eigenvalue weighted by atomic mass is 32.2. The van der Waals surface area contributed by atoms with Crippen molar-refractivity contribution in [2.45, 2.75) is 45.7 Å². The largest absolute Gasteiger partial charge is 0.337 e. The van der Waals surface area contributed by atoms with E-state index in [0.29, 0.717) is 19.4 Å². The molecular weight excluding hydrogens is 384 g/mol. The summed E-state index contributed by atoms with van der Waals surface area (Å²) in [6, 6.07) is 16.2. The Bertz CT molecular complexity index is 985. The van der Waals surface area contributed by atoms with Crippen molar-refractivity contribution in [1.82, 2.24) is 9.62 Å². The van der Waals surface area contributed by atoms with E-state index in [4.69, 9.17) is 0 Å². The van der Waals surface area contributed by atoms with Crippen molar-refractivity contribution in [1.29, 1.82) is 0 Å². The molecule has 29 heavy (non-hydrogen) atoms. The molecule has 0 bridgehead atoms. The zero-order valence-electron chi connectivity index (χ0n) is 17.6. The van der Waals surface area contributed by atoms with E-state index in [1.165, 1.54) is 11.8 Å². The fourth-order valence-corrected chi connectivity index (χ4v) is 4.89. The van der Waals surface area contributed by atoms with Gasteiger partial charge in [0.05, 0.1) is 12.3 Å². The molecule has 1 aliphatic heterocycles. The second-order valence-corrected chi connectivity index (χ2v) is 10.1. The molecule has 0 aliphatic carbocycles. The number of rotatable bonds is 6. The lowest BCUT2D eigenvalue weighted by molar-refractivity contribution is -0.135. The number of benzene rings is 2. The van der Waals surface area contributed by atoms with Gasteiger partial charge in [-0.1, -0.05) is 67.9 Å². The zero-order valence-corrected chi connectivity index (χ0v) is 18.4. The molecule has 1 heterocycles. The first-order valence-corrected chi connectivity index (χ1v) is 12.0. The fourth-order valence-electron chi connectivity index (χ4n) is 4.07. The van der Waals surface area contributed by atoms with Crippen molar-refractivity contribution >= 4 is 15.9 Å². The van der Waals surface area contributed by atoms with Crippen LogP contribution in [0.2, 0.25) is 0 Å². The fraction of sp³-hybridized carbons (Fsp3) is 0.435. The van der Waals surface area contributed by atoms with E-state index in [1.807, 2.05) is 36.9 Å². The van der Waals surface area contributed by atoms with E-state index in [-0.39, 0.29) is 23.9 Å².